The standard InChI is InChI=1S/C6H15P/c1-4-7-5-6(2)3/h6-7H,4-5H2,1-3H3. The third kappa shape index (κ3) is 6.43. The van der Waals surface area contributed by atoms with Gasteiger partial charge in [-0.1, -0.05) is 20.8 Å². The molecular weight excluding hydrogens is 103 g/mol. The summed E-state index contributed by atoms with van der Waals surface area (Å²) in [7, 11) is 1.20. The lowest BCUT2D eigenvalue weighted by Gasteiger charge is -1.99. The molecule has 0 amide bonds. The van der Waals surface area contributed by atoms with Gasteiger partial charge in [0.2, 0.25) is 0 Å². The van der Waals surface area contributed by atoms with Crippen molar-refractivity contribution < 1.29 is 0 Å². The van der Waals surface area contributed by atoms with Gasteiger partial charge in [-0.25, -0.2) is 0 Å². The molecule has 0 nitrogen and oxygen atoms in total. The SMILES string of the molecule is CCPCC(C)C. The summed E-state index contributed by atoms with van der Waals surface area (Å²) in [6.07, 6.45) is 2.80. The molecule has 0 fully saturated rings. The van der Waals surface area contributed by atoms with E-state index >= 15 is 0 Å². The molecule has 0 aliphatic rings. The fourth-order valence-electron chi connectivity index (χ4n) is 0.433. The van der Waals surface area contributed by atoms with Crippen LogP contribution in [-0.4, -0.2) is 12.3 Å². The first-order chi connectivity index (χ1) is 3.27. The molecule has 0 spiro atoms. The minimum atomic E-state index is 0.915. The minimum Gasteiger partial charge on any atom is -0.122 e. The molecule has 1 heteroatoms. The van der Waals surface area contributed by atoms with Crippen molar-refractivity contribution in [2.45, 2.75) is 20.8 Å². The molecule has 0 aromatic carbocycles. The van der Waals surface area contributed by atoms with E-state index in [0.29, 0.717) is 0 Å². The van der Waals surface area contributed by atoms with E-state index in [9.17, 15) is 0 Å². The fraction of sp³-hybridized carbons (Fsp3) is 1.00. The van der Waals surface area contributed by atoms with E-state index in [4.69, 9.17) is 0 Å². The smallest absolute Gasteiger partial charge is 0.0330 e. The van der Waals surface area contributed by atoms with Gasteiger partial charge in [0.1, 0.15) is 0 Å². The van der Waals surface area contributed by atoms with E-state index in [1.165, 1.54) is 20.9 Å². The summed E-state index contributed by atoms with van der Waals surface area (Å²) in [5, 5.41) is 0. The molecule has 0 aliphatic carbocycles. The highest BCUT2D eigenvalue weighted by atomic mass is 31.1. The Labute approximate surface area is 48.5 Å². The maximum Gasteiger partial charge on any atom is -0.0330 e. The molecule has 0 saturated heterocycles. The molecule has 1 unspecified atom stereocenters. The first kappa shape index (κ1) is 7.43. The fourth-order valence-corrected chi connectivity index (χ4v) is 1.30. The van der Waals surface area contributed by atoms with Crippen LogP contribution in [0.1, 0.15) is 20.8 Å². The number of hydrogen-bond donors (Lipinski definition) is 0. The topological polar surface area (TPSA) is 0 Å². The van der Waals surface area contributed by atoms with Gasteiger partial charge in [-0.2, -0.15) is 0 Å². The zero-order chi connectivity index (χ0) is 5.70. The zero-order valence-corrected chi connectivity index (χ0v) is 6.49. The monoisotopic (exact) mass is 118 g/mol. The summed E-state index contributed by atoms with van der Waals surface area (Å²) in [5.41, 5.74) is 0. The second-order valence-corrected chi connectivity index (χ2v) is 3.82. The predicted octanol–water partition coefficient (Wildman–Crippen LogP) is 2.34. The molecule has 0 heterocycles. The minimum absolute atomic E-state index is 0.915. The Hall–Kier alpha value is 0.430. The number of rotatable bonds is 3. The number of hydrogen-bond acceptors (Lipinski definition) is 0. The Morgan fingerprint density at radius 1 is 1.43 bits per heavy atom. The summed E-state index contributed by atoms with van der Waals surface area (Å²) in [6, 6.07) is 0. The van der Waals surface area contributed by atoms with Crippen LogP contribution >= 0.6 is 8.58 Å². The van der Waals surface area contributed by atoms with Crippen LogP contribution in [0.4, 0.5) is 0 Å². The van der Waals surface area contributed by atoms with Gasteiger partial charge in [0.15, 0.2) is 0 Å². The summed E-state index contributed by atoms with van der Waals surface area (Å²) in [5.74, 6) is 0.915. The van der Waals surface area contributed by atoms with Crippen LogP contribution in [0.15, 0.2) is 0 Å². The molecular formula is C6H15P. The molecule has 0 aromatic rings. The Balaban J connectivity index is 2.68. The van der Waals surface area contributed by atoms with E-state index < -0.39 is 0 Å². The van der Waals surface area contributed by atoms with E-state index in [0.717, 1.165) is 5.92 Å². The van der Waals surface area contributed by atoms with Gasteiger partial charge in [0, 0.05) is 0 Å². The van der Waals surface area contributed by atoms with Crippen molar-refractivity contribution >= 4 is 8.58 Å². The quantitative estimate of drug-likeness (QED) is 0.499. The predicted molar refractivity (Wildman–Crippen MR) is 38.6 cm³/mol. The Kier molecular flexibility index (Phi) is 4.87. The molecule has 0 N–H and O–H groups in total. The van der Waals surface area contributed by atoms with Crippen LogP contribution in [-0.2, 0) is 0 Å². The highest BCUT2D eigenvalue weighted by molar-refractivity contribution is 7.37. The Bertz CT molecular complexity index is 33.2. The van der Waals surface area contributed by atoms with Crippen molar-refractivity contribution in [2.24, 2.45) is 5.92 Å². The van der Waals surface area contributed by atoms with Crippen LogP contribution in [0, 0.1) is 5.92 Å². The molecule has 7 heavy (non-hydrogen) atoms. The van der Waals surface area contributed by atoms with E-state index in [1.54, 1.807) is 0 Å². The van der Waals surface area contributed by atoms with Crippen molar-refractivity contribution in [3.63, 3.8) is 0 Å². The average Bonchev–Trinajstić information content (AvgIpc) is 1.61. The molecule has 0 rings (SSSR count). The van der Waals surface area contributed by atoms with Crippen molar-refractivity contribution in [2.75, 3.05) is 12.3 Å². The third-order valence-electron chi connectivity index (χ3n) is 0.803. The summed E-state index contributed by atoms with van der Waals surface area (Å²) >= 11 is 0. The van der Waals surface area contributed by atoms with E-state index in [-0.39, 0.29) is 0 Å². The maximum atomic E-state index is 2.28. The lowest BCUT2D eigenvalue weighted by molar-refractivity contribution is 0.747. The van der Waals surface area contributed by atoms with Gasteiger partial charge in [-0.05, 0) is 18.2 Å². The second-order valence-electron chi connectivity index (χ2n) is 2.20. The van der Waals surface area contributed by atoms with Gasteiger partial charge >= 0.3 is 0 Å². The summed E-state index contributed by atoms with van der Waals surface area (Å²) in [4.78, 5) is 0. The van der Waals surface area contributed by atoms with E-state index in [2.05, 4.69) is 20.8 Å². The summed E-state index contributed by atoms with van der Waals surface area (Å²) in [6.45, 7) is 6.81. The van der Waals surface area contributed by atoms with Gasteiger partial charge in [0.25, 0.3) is 0 Å². The first-order valence-corrected chi connectivity index (χ1v) is 4.39. The largest absolute Gasteiger partial charge is 0.122 e. The summed E-state index contributed by atoms with van der Waals surface area (Å²) < 4.78 is 0. The van der Waals surface area contributed by atoms with Gasteiger partial charge in [-0.15, -0.1) is 8.58 Å². The van der Waals surface area contributed by atoms with E-state index in [1.807, 2.05) is 0 Å². The first-order valence-electron chi connectivity index (χ1n) is 2.98. The van der Waals surface area contributed by atoms with Crippen molar-refractivity contribution in [3.05, 3.63) is 0 Å². The van der Waals surface area contributed by atoms with Crippen molar-refractivity contribution in [3.8, 4) is 0 Å². The molecule has 1 atom stereocenters. The Morgan fingerprint density at radius 2 is 2.00 bits per heavy atom. The molecule has 0 bridgehead atoms. The van der Waals surface area contributed by atoms with Crippen molar-refractivity contribution in [1.29, 1.82) is 0 Å². The van der Waals surface area contributed by atoms with Gasteiger partial charge in [0.05, 0.1) is 0 Å². The third-order valence-corrected chi connectivity index (χ3v) is 2.41. The lowest BCUT2D eigenvalue weighted by atomic mass is 10.3. The van der Waals surface area contributed by atoms with Crippen LogP contribution in [0.3, 0.4) is 0 Å². The normalized spacial score (nSPS) is 12.0. The second kappa shape index (κ2) is 4.59. The van der Waals surface area contributed by atoms with Crippen LogP contribution < -0.4 is 0 Å². The Morgan fingerprint density at radius 3 is 2.14 bits per heavy atom. The highest BCUT2D eigenvalue weighted by Crippen LogP contribution is 2.12. The maximum absolute atomic E-state index is 2.28. The van der Waals surface area contributed by atoms with Crippen LogP contribution in [0.2, 0.25) is 0 Å². The zero-order valence-electron chi connectivity index (χ0n) is 5.49. The molecule has 0 radical (unpaired) electrons. The van der Waals surface area contributed by atoms with Gasteiger partial charge in [-0.3, -0.25) is 0 Å². The van der Waals surface area contributed by atoms with Crippen molar-refractivity contribution in [1.82, 2.24) is 0 Å². The van der Waals surface area contributed by atoms with Crippen LogP contribution in [0.5, 0.6) is 0 Å². The molecule has 44 valence electrons. The van der Waals surface area contributed by atoms with Crippen LogP contribution in [0.25, 0.3) is 0 Å². The molecule has 0 aromatic heterocycles. The molecule has 0 saturated carbocycles. The highest BCUT2D eigenvalue weighted by Gasteiger charge is 1.88. The molecule has 0 aliphatic heterocycles. The average molecular weight is 118 g/mol. The van der Waals surface area contributed by atoms with Gasteiger partial charge < -0.3 is 0 Å². The lowest BCUT2D eigenvalue weighted by Crippen LogP contribution is -1.87.